The Kier molecular flexibility index (Phi) is 3.93. The fourth-order valence-corrected chi connectivity index (χ4v) is 1.58. The highest BCUT2D eigenvalue weighted by molar-refractivity contribution is 5.89. The maximum absolute atomic E-state index is 12.0. The quantitative estimate of drug-likeness (QED) is 0.673. The highest BCUT2D eigenvalue weighted by Gasteiger charge is 2.33. The predicted molar refractivity (Wildman–Crippen MR) is 59.4 cm³/mol. The molecule has 7 heteroatoms. The Labute approximate surface area is 99.4 Å². The molecule has 0 aliphatic carbocycles. The molecule has 1 aliphatic rings. The molecular weight excluding hydrogens is 226 g/mol. The van der Waals surface area contributed by atoms with E-state index in [9.17, 15) is 14.4 Å². The second-order valence-corrected chi connectivity index (χ2v) is 4.07. The van der Waals surface area contributed by atoms with Crippen LogP contribution in [-0.2, 0) is 9.59 Å². The fraction of sp³-hybridized carbons (Fsp3) is 0.700. The summed E-state index contributed by atoms with van der Waals surface area (Å²) in [5.74, 6) is -1.30. The Morgan fingerprint density at radius 2 is 2.18 bits per heavy atom. The highest BCUT2D eigenvalue weighted by atomic mass is 16.4. The molecule has 1 rings (SSSR count). The number of carboxylic acid groups (broad SMARTS) is 1. The van der Waals surface area contributed by atoms with Crippen LogP contribution in [-0.4, -0.2) is 65.0 Å². The van der Waals surface area contributed by atoms with Crippen LogP contribution in [0.25, 0.3) is 0 Å². The van der Waals surface area contributed by atoms with E-state index in [1.807, 2.05) is 0 Å². The van der Waals surface area contributed by atoms with Gasteiger partial charge in [0.2, 0.25) is 5.91 Å². The van der Waals surface area contributed by atoms with Crippen molar-refractivity contribution in [2.45, 2.75) is 25.9 Å². The maximum atomic E-state index is 12.0. The van der Waals surface area contributed by atoms with E-state index in [0.717, 1.165) is 4.90 Å². The Morgan fingerprint density at radius 1 is 1.59 bits per heavy atom. The van der Waals surface area contributed by atoms with Gasteiger partial charge in [0, 0.05) is 20.1 Å². The zero-order valence-corrected chi connectivity index (χ0v) is 10.1. The second kappa shape index (κ2) is 5.03. The van der Waals surface area contributed by atoms with Gasteiger partial charge in [-0.3, -0.25) is 4.79 Å². The van der Waals surface area contributed by atoms with Crippen LogP contribution >= 0.6 is 0 Å². The standard InChI is InChI=1S/C10H17N3O4/c1-6-8(14)11-4-5-13(6)10(17)12(3)7(2)9(15)16/h6-7H,4-5H2,1-3H3,(H,11,14)(H,15,16). The van der Waals surface area contributed by atoms with E-state index in [2.05, 4.69) is 5.32 Å². The van der Waals surface area contributed by atoms with Crippen LogP contribution in [0, 0.1) is 0 Å². The number of nitrogens with zero attached hydrogens (tertiary/aromatic N) is 2. The minimum absolute atomic E-state index is 0.221. The van der Waals surface area contributed by atoms with E-state index in [4.69, 9.17) is 5.11 Å². The van der Waals surface area contributed by atoms with Gasteiger partial charge in [-0.2, -0.15) is 0 Å². The Morgan fingerprint density at radius 3 is 2.71 bits per heavy atom. The minimum Gasteiger partial charge on any atom is -0.480 e. The van der Waals surface area contributed by atoms with Crippen molar-refractivity contribution in [1.82, 2.24) is 15.1 Å². The molecule has 0 bridgehead atoms. The summed E-state index contributed by atoms with van der Waals surface area (Å²) in [5.41, 5.74) is 0. The molecule has 3 amide bonds. The molecule has 1 saturated heterocycles. The number of hydrogen-bond acceptors (Lipinski definition) is 3. The average molecular weight is 243 g/mol. The lowest BCUT2D eigenvalue weighted by Crippen LogP contribution is -2.59. The van der Waals surface area contributed by atoms with Crippen LogP contribution in [0.1, 0.15) is 13.8 Å². The lowest BCUT2D eigenvalue weighted by Gasteiger charge is -2.36. The summed E-state index contributed by atoms with van der Waals surface area (Å²) in [7, 11) is 1.42. The van der Waals surface area contributed by atoms with Crippen LogP contribution in [0.3, 0.4) is 0 Å². The highest BCUT2D eigenvalue weighted by Crippen LogP contribution is 2.09. The molecule has 0 aromatic rings. The number of hydrogen-bond donors (Lipinski definition) is 2. The van der Waals surface area contributed by atoms with Gasteiger partial charge in [0.15, 0.2) is 0 Å². The molecule has 17 heavy (non-hydrogen) atoms. The first-order valence-corrected chi connectivity index (χ1v) is 5.40. The van der Waals surface area contributed by atoms with Crippen LogP contribution in [0.2, 0.25) is 0 Å². The molecule has 1 heterocycles. The number of carbonyl (C=O) groups is 3. The number of rotatable bonds is 2. The van der Waals surface area contributed by atoms with Crippen molar-refractivity contribution >= 4 is 17.9 Å². The Balaban J connectivity index is 2.75. The van der Waals surface area contributed by atoms with Crippen LogP contribution in [0.4, 0.5) is 4.79 Å². The summed E-state index contributed by atoms with van der Waals surface area (Å²) >= 11 is 0. The number of likely N-dealkylation sites (N-methyl/N-ethyl adjacent to an activating group) is 1. The van der Waals surface area contributed by atoms with E-state index in [1.165, 1.54) is 18.9 Å². The number of aliphatic carboxylic acids is 1. The normalized spacial score (nSPS) is 21.7. The fourth-order valence-electron chi connectivity index (χ4n) is 1.58. The summed E-state index contributed by atoms with van der Waals surface area (Å²) in [6.45, 7) is 3.83. The molecule has 2 atom stereocenters. The molecule has 0 spiro atoms. The smallest absolute Gasteiger partial charge is 0.326 e. The van der Waals surface area contributed by atoms with E-state index in [0.29, 0.717) is 13.1 Å². The van der Waals surface area contributed by atoms with Gasteiger partial charge in [-0.1, -0.05) is 0 Å². The largest absolute Gasteiger partial charge is 0.480 e. The summed E-state index contributed by atoms with van der Waals surface area (Å²) in [4.78, 5) is 36.7. The first-order chi connectivity index (χ1) is 7.86. The number of amides is 3. The average Bonchev–Trinajstić information content (AvgIpc) is 2.29. The predicted octanol–water partition coefficient (Wildman–Crippen LogP) is -0.668. The number of carbonyl (C=O) groups excluding carboxylic acids is 2. The minimum atomic E-state index is -1.07. The summed E-state index contributed by atoms with van der Waals surface area (Å²) < 4.78 is 0. The van der Waals surface area contributed by atoms with Crippen LogP contribution in [0.5, 0.6) is 0 Å². The van der Waals surface area contributed by atoms with E-state index in [-0.39, 0.29) is 5.91 Å². The molecule has 0 radical (unpaired) electrons. The van der Waals surface area contributed by atoms with Crippen molar-refractivity contribution in [1.29, 1.82) is 0 Å². The second-order valence-electron chi connectivity index (χ2n) is 4.07. The van der Waals surface area contributed by atoms with Crippen LogP contribution < -0.4 is 5.32 Å². The van der Waals surface area contributed by atoms with Gasteiger partial charge in [0.25, 0.3) is 0 Å². The third-order valence-corrected chi connectivity index (χ3v) is 2.98. The topological polar surface area (TPSA) is 89.9 Å². The zero-order chi connectivity index (χ0) is 13.2. The van der Waals surface area contributed by atoms with E-state index in [1.54, 1.807) is 6.92 Å². The van der Waals surface area contributed by atoms with Crippen LogP contribution in [0.15, 0.2) is 0 Å². The first-order valence-electron chi connectivity index (χ1n) is 5.40. The number of nitrogens with one attached hydrogen (secondary N) is 1. The maximum Gasteiger partial charge on any atom is 0.326 e. The molecule has 96 valence electrons. The zero-order valence-electron chi connectivity index (χ0n) is 10.1. The van der Waals surface area contributed by atoms with Gasteiger partial charge in [-0.25, -0.2) is 9.59 Å². The molecular formula is C10H17N3O4. The summed E-state index contributed by atoms with van der Waals surface area (Å²) in [5, 5.41) is 11.5. The third-order valence-electron chi connectivity index (χ3n) is 2.98. The number of urea groups is 1. The third kappa shape index (κ3) is 2.66. The molecule has 1 fully saturated rings. The molecule has 1 aliphatic heterocycles. The lowest BCUT2D eigenvalue weighted by molar-refractivity contribution is -0.141. The monoisotopic (exact) mass is 243 g/mol. The molecule has 2 N–H and O–H groups in total. The number of carboxylic acids is 1. The van der Waals surface area contributed by atoms with Crippen molar-refractivity contribution in [2.24, 2.45) is 0 Å². The van der Waals surface area contributed by atoms with Crippen molar-refractivity contribution in [3.63, 3.8) is 0 Å². The van der Waals surface area contributed by atoms with Crippen molar-refractivity contribution in [3.8, 4) is 0 Å². The Hall–Kier alpha value is -1.79. The van der Waals surface area contributed by atoms with Gasteiger partial charge in [0.1, 0.15) is 12.1 Å². The summed E-state index contributed by atoms with van der Waals surface area (Å²) in [6.07, 6.45) is 0. The van der Waals surface area contributed by atoms with Crippen molar-refractivity contribution in [3.05, 3.63) is 0 Å². The first kappa shape index (κ1) is 13.3. The summed E-state index contributed by atoms with van der Waals surface area (Å²) in [6, 6.07) is -1.93. The molecule has 7 nitrogen and oxygen atoms in total. The SMILES string of the molecule is CC(C(=O)O)N(C)C(=O)N1CCNC(=O)C1C. The molecule has 0 saturated carbocycles. The van der Waals surface area contributed by atoms with Gasteiger partial charge in [-0.15, -0.1) is 0 Å². The lowest BCUT2D eigenvalue weighted by atomic mass is 10.2. The molecule has 0 aromatic carbocycles. The van der Waals surface area contributed by atoms with Gasteiger partial charge in [-0.05, 0) is 13.8 Å². The molecule has 0 aromatic heterocycles. The van der Waals surface area contributed by atoms with E-state index < -0.39 is 24.1 Å². The van der Waals surface area contributed by atoms with Crippen molar-refractivity contribution in [2.75, 3.05) is 20.1 Å². The van der Waals surface area contributed by atoms with Crippen molar-refractivity contribution < 1.29 is 19.5 Å². The van der Waals surface area contributed by atoms with Gasteiger partial charge in [0.05, 0.1) is 0 Å². The van der Waals surface area contributed by atoms with E-state index >= 15 is 0 Å². The molecule has 2 unspecified atom stereocenters. The van der Waals surface area contributed by atoms with Gasteiger partial charge >= 0.3 is 12.0 Å². The number of piperazine rings is 1. The van der Waals surface area contributed by atoms with Gasteiger partial charge < -0.3 is 20.2 Å². The Bertz CT molecular complexity index is 344.